The van der Waals surface area contributed by atoms with E-state index in [4.69, 9.17) is 5.26 Å². The highest BCUT2D eigenvalue weighted by atomic mass is 79.9. The van der Waals surface area contributed by atoms with Crippen LogP contribution in [-0.2, 0) is 0 Å². The highest BCUT2D eigenvalue weighted by molar-refractivity contribution is 9.10. The molecule has 0 aliphatic rings. The summed E-state index contributed by atoms with van der Waals surface area (Å²) in [5, 5.41) is 8.49. The monoisotopic (exact) mass is 316 g/mol. The smallest absolute Gasteiger partial charge is 0.403 e. The maximum atomic E-state index is 12.5. The molecule has 0 aromatic carbocycles. The predicted molar refractivity (Wildman–Crippen MR) is 48.3 cm³/mol. The summed E-state index contributed by atoms with van der Waals surface area (Å²) in [6.07, 6.45) is -7.64. The van der Waals surface area contributed by atoms with Crippen LogP contribution in [0, 0.1) is 11.3 Å². The summed E-state index contributed by atoms with van der Waals surface area (Å²) < 4.78 is 63.6. The lowest BCUT2D eigenvalue weighted by atomic mass is 10.2. The van der Waals surface area contributed by atoms with Gasteiger partial charge in [0.1, 0.15) is 6.07 Å². The number of pyridine rings is 1. The maximum Gasteiger partial charge on any atom is 0.573 e. The molecule has 3 nitrogen and oxygen atoms in total. The first-order chi connectivity index (χ1) is 7.76. The van der Waals surface area contributed by atoms with Crippen molar-refractivity contribution >= 4 is 15.9 Å². The van der Waals surface area contributed by atoms with Gasteiger partial charge in [-0.3, -0.25) is 0 Å². The Morgan fingerprint density at radius 3 is 2.41 bits per heavy atom. The molecule has 92 valence electrons. The summed E-state index contributed by atoms with van der Waals surface area (Å²) in [5.41, 5.74) is -1.60. The Kier molecular flexibility index (Phi) is 3.87. The van der Waals surface area contributed by atoms with Crippen LogP contribution in [0.25, 0.3) is 0 Å². The first-order valence-corrected chi connectivity index (χ1v) is 4.68. The summed E-state index contributed by atoms with van der Waals surface area (Å²) in [6, 6.07) is 1.35. The Hall–Kier alpha value is -1.43. The quantitative estimate of drug-likeness (QED) is 0.784. The normalized spacial score (nSPS) is 11.4. The van der Waals surface area contributed by atoms with Gasteiger partial charge in [0.05, 0.1) is 16.2 Å². The maximum absolute atomic E-state index is 12.5. The van der Waals surface area contributed by atoms with Crippen LogP contribution >= 0.6 is 15.9 Å². The van der Waals surface area contributed by atoms with Gasteiger partial charge >= 0.3 is 6.36 Å². The molecule has 9 heteroatoms. The number of hydrogen-bond donors (Lipinski definition) is 0. The third kappa shape index (κ3) is 3.26. The third-order valence-electron chi connectivity index (χ3n) is 1.57. The zero-order valence-corrected chi connectivity index (χ0v) is 9.31. The van der Waals surface area contributed by atoms with Gasteiger partial charge in [-0.05, 0) is 15.9 Å². The van der Waals surface area contributed by atoms with Gasteiger partial charge in [0.25, 0.3) is 6.43 Å². The lowest BCUT2D eigenvalue weighted by Gasteiger charge is -2.13. The molecule has 0 spiro atoms. The van der Waals surface area contributed by atoms with Crippen LogP contribution < -0.4 is 4.74 Å². The van der Waals surface area contributed by atoms with Crippen molar-refractivity contribution in [3.8, 4) is 11.8 Å². The fourth-order valence-electron chi connectivity index (χ4n) is 0.970. The summed E-state index contributed by atoms with van der Waals surface area (Å²) >= 11 is 2.53. The second-order valence-electron chi connectivity index (χ2n) is 2.66. The fourth-order valence-corrected chi connectivity index (χ4v) is 1.51. The Bertz CT molecular complexity index is 468. The van der Waals surface area contributed by atoms with E-state index in [9.17, 15) is 22.0 Å². The largest absolute Gasteiger partial charge is 0.573 e. The molecule has 0 radical (unpaired) electrons. The van der Waals surface area contributed by atoms with Crippen molar-refractivity contribution in [3.05, 3.63) is 21.9 Å². The Balaban J connectivity index is 3.30. The third-order valence-corrected chi connectivity index (χ3v) is 2.39. The van der Waals surface area contributed by atoms with Crippen LogP contribution in [0.15, 0.2) is 10.7 Å². The van der Waals surface area contributed by atoms with Gasteiger partial charge in [0, 0.05) is 0 Å². The molecular formula is C8H2BrF5N2O. The number of nitrogens with zero attached hydrogens (tertiary/aromatic N) is 2. The average Bonchev–Trinajstić information content (AvgIpc) is 2.18. The molecule has 1 aromatic heterocycles. The zero-order valence-electron chi connectivity index (χ0n) is 7.73. The minimum absolute atomic E-state index is 0.544. The van der Waals surface area contributed by atoms with Crippen molar-refractivity contribution < 1.29 is 26.7 Å². The van der Waals surface area contributed by atoms with E-state index in [0.717, 1.165) is 0 Å². The van der Waals surface area contributed by atoms with Gasteiger partial charge < -0.3 is 4.74 Å². The van der Waals surface area contributed by atoms with Crippen molar-refractivity contribution in [2.45, 2.75) is 12.8 Å². The average molecular weight is 317 g/mol. The van der Waals surface area contributed by atoms with Crippen LogP contribution in [0.2, 0.25) is 0 Å². The molecular weight excluding hydrogens is 315 g/mol. The van der Waals surface area contributed by atoms with Gasteiger partial charge in [-0.1, -0.05) is 0 Å². The standard InChI is InChI=1S/C8H2BrF5N2O/c9-6-4(17-8(12,13)14)2-16-3(1-15)5(6)7(10)11/h2,7H. The van der Waals surface area contributed by atoms with E-state index in [1.54, 1.807) is 0 Å². The molecule has 0 aliphatic carbocycles. The molecule has 0 N–H and O–H groups in total. The molecule has 0 saturated carbocycles. The molecule has 0 amide bonds. The van der Waals surface area contributed by atoms with E-state index in [-0.39, 0.29) is 0 Å². The molecule has 0 aliphatic heterocycles. The van der Waals surface area contributed by atoms with E-state index < -0.39 is 34.3 Å². The van der Waals surface area contributed by atoms with E-state index in [1.807, 2.05) is 0 Å². The number of hydrogen-bond acceptors (Lipinski definition) is 3. The highest BCUT2D eigenvalue weighted by Gasteiger charge is 2.33. The molecule has 1 rings (SSSR count). The molecule has 0 atom stereocenters. The number of nitriles is 1. The van der Waals surface area contributed by atoms with E-state index in [2.05, 4.69) is 25.7 Å². The van der Waals surface area contributed by atoms with Crippen molar-refractivity contribution in [1.82, 2.24) is 4.98 Å². The minimum atomic E-state index is -5.03. The molecule has 0 unspecified atom stereocenters. The molecule has 1 aromatic rings. The van der Waals surface area contributed by atoms with Gasteiger partial charge in [-0.2, -0.15) is 5.26 Å². The van der Waals surface area contributed by atoms with Gasteiger partial charge in [-0.25, -0.2) is 13.8 Å². The molecule has 1 heterocycles. The Morgan fingerprint density at radius 2 is 2.00 bits per heavy atom. The van der Waals surface area contributed by atoms with Crippen molar-refractivity contribution in [2.75, 3.05) is 0 Å². The number of alkyl halides is 5. The fraction of sp³-hybridized carbons (Fsp3) is 0.250. The second-order valence-corrected chi connectivity index (χ2v) is 3.45. The first kappa shape index (κ1) is 13.6. The summed E-state index contributed by atoms with van der Waals surface area (Å²) in [4.78, 5) is 3.17. The topological polar surface area (TPSA) is 45.9 Å². The minimum Gasteiger partial charge on any atom is -0.403 e. The van der Waals surface area contributed by atoms with Crippen molar-refractivity contribution in [1.29, 1.82) is 5.26 Å². The van der Waals surface area contributed by atoms with Crippen LogP contribution in [0.4, 0.5) is 22.0 Å². The van der Waals surface area contributed by atoms with Gasteiger partial charge in [0.15, 0.2) is 11.4 Å². The number of halogens is 6. The molecule has 0 bridgehead atoms. The molecule has 0 saturated heterocycles. The SMILES string of the molecule is N#Cc1ncc(OC(F)(F)F)c(Br)c1C(F)F. The predicted octanol–water partition coefficient (Wildman–Crippen LogP) is 3.55. The Morgan fingerprint density at radius 1 is 1.41 bits per heavy atom. The van der Waals surface area contributed by atoms with Crippen LogP contribution in [-0.4, -0.2) is 11.3 Å². The molecule has 0 fully saturated rings. The zero-order chi connectivity index (χ0) is 13.2. The number of ether oxygens (including phenoxy) is 1. The van der Waals surface area contributed by atoms with Crippen LogP contribution in [0.1, 0.15) is 17.7 Å². The van der Waals surface area contributed by atoms with Crippen molar-refractivity contribution in [2.24, 2.45) is 0 Å². The highest BCUT2D eigenvalue weighted by Crippen LogP contribution is 2.37. The number of aromatic nitrogens is 1. The second kappa shape index (κ2) is 4.83. The van der Waals surface area contributed by atoms with Crippen LogP contribution in [0.5, 0.6) is 5.75 Å². The van der Waals surface area contributed by atoms with Gasteiger partial charge in [0.2, 0.25) is 0 Å². The van der Waals surface area contributed by atoms with E-state index in [0.29, 0.717) is 6.20 Å². The van der Waals surface area contributed by atoms with Crippen LogP contribution in [0.3, 0.4) is 0 Å². The number of rotatable bonds is 2. The van der Waals surface area contributed by atoms with Gasteiger partial charge in [-0.15, -0.1) is 13.2 Å². The van der Waals surface area contributed by atoms with E-state index in [1.165, 1.54) is 6.07 Å². The first-order valence-electron chi connectivity index (χ1n) is 3.88. The van der Waals surface area contributed by atoms with Crippen molar-refractivity contribution in [3.63, 3.8) is 0 Å². The summed E-state index contributed by atoms with van der Waals surface area (Å²) in [5.74, 6) is -0.924. The van der Waals surface area contributed by atoms with E-state index >= 15 is 0 Å². The lowest BCUT2D eigenvalue weighted by molar-refractivity contribution is -0.275. The summed E-state index contributed by atoms with van der Waals surface area (Å²) in [6.45, 7) is 0. The molecule has 17 heavy (non-hydrogen) atoms. The Labute approximate surface area is 99.9 Å². The lowest BCUT2D eigenvalue weighted by Crippen LogP contribution is -2.18. The summed E-state index contributed by atoms with van der Waals surface area (Å²) in [7, 11) is 0.